The van der Waals surface area contributed by atoms with Crippen LogP contribution >= 0.6 is 0 Å². The second-order valence-electron chi connectivity index (χ2n) is 4.41. The standard InChI is InChI=1S/C15H14N4O3/c1-2-3-12-8-11(4-6-14(12)20)9-17-18-15-7-5-13(10-16-15)19(21)22/h2,4-10,20H,1,3H2,(H,16,18)/b17-9+. The summed E-state index contributed by atoms with van der Waals surface area (Å²) in [7, 11) is 0. The number of nitrogens with one attached hydrogen (secondary N) is 1. The molecule has 7 nitrogen and oxygen atoms in total. The van der Waals surface area contributed by atoms with E-state index in [1.54, 1.807) is 30.5 Å². The molecule has 0 unspecified atom stereocenters. The quantitative estimate of drug-likeness (QED) is 0.369. The van der Waals surface area contributed by atoms with Gasteiger partial charge in [-0.05, 0) is 41.8 Å². The third kappa shape index (κ3) is 3.89. The molecule has 1 aromatic carbocycles. The van der Waals surface area contributed by atoms with E-state index in [0.29, 0.717) is 12.2 Å². The van der Waals surface area contributed by atoms with Gasteiger partial charge in [0.2, 0.25) is 0 Å². The fraction of sp³-hybridized carbons (Fsp3) is 0.0667. The molecule has 1 heterocycles. The van der Waals surface area contributed by atoms with Gasteiger partial charge in [-0.15, -0.1) is 6.58 Å². The van der Waals surface area contributed by atoms with Crippen molar-refractivity contribution >= 4 is 17.7 Å². The minimum absolute atomic E-state index is 0.0814. The molecule has 0 amide bonds. The Balaban J connectivity index is 2.04. The van der Waals surface area contributed by atoms with Gasteiger partial charge in [0.1, 0.15) is 17.8 Å². The molecule has 2 aromatic rings. The molecule has 0 aliphatic carbocycles. The maximum Gasteiger partial charge on any atom is 0.287 e. The normalized spacial score (nSPS) is 10.5. The first-order valence-electron chi connectivity index (χ1n) is 6.42. The molecule has 0 saturated heterocycles. The summed E-state index contributed by atoms with van der Waals surface area (Å²) in [4.78, 5) is 13.9. The fourth-order valence-corrected chi connectivity index (χ4v) is 1.74. The molecule has 2 rings (SSSR count). The summed E-state index contributed by atoms with van der Waals surface area (Å²) in [6.45, 7) is 3.63. The van der Waals surface area contributed by atoms with Gasteiger partial charge in [0.15, 0.2) is 0 Å². The summed E-state index contributed by atoms with van der Waals surface area (Å²) in [5.41, 5.74) is 4.15. The van der Waals surface area contributed by atoms with Gasteiger partial charge < -0.3 is 5.11 Å². The van der Waals surface area contributed by atoms with E-state index in [-0.39, 0.29) is 11.4 Å². The van der Waals surface area contributed by atoms with E-state index < -0.39 is 4.92 Å². The lowest BCUT2D eigenvalue weighted by Gasteiger charge is -2.03. The minimum atomic E-state index is -0.516. The van der Waals surface area contributed by atoms with Gasteiger partial charge in [-0.25, -0.2) is 4.98 Å². The SMILES string of the molecule is C=CCc1cc(/C=N/Nc2ccc([N+](=O)[O-])cn2)ccc1O. The number of phenolic OH excluding ortho intramolecular Hbond substituents is 1. The van der Waals surface area contributed by atoms with Crippen molar-refractivity contribution in [1.29, 1.82) is 0 Å². The third-order valence-electron chi connectivity index (χ3n) is 2.82. The van der Waals surface area contributed by atoms with Crippen LogP contribution in [0.4, 0.5) is 11.5 Å². The predicted octanol–water partition coefficient (Wildman–Crippen LogP) is 2.87. The van der Waals surface area contributed by atoms with Crippen molar-refractivity contribution in [2.24, 2.45) is 5.10 Å². The van der Waals surface area contributed by atoms with Crippen LogP contribution in [0.2, 0.25) is 0 Å². The van der Waals surface area contributed by atoms with Gasteiger partial charge in [0.05, 0.1) is 11.1 Å². The van der Waals surface area contributed by atoms with Gasteiger partial charge >= 0.3 is 0 Å². The lowest BCUT2D eigenvalue weighted by molar-refractivity contribution is -0.385. The lowest BCUT2D eigenvalue weighted by atomic mass is 10.1. The predicted molar refractivity (Wildman–Crippen MR) is 84.1 cm³/mol. The molecule has 0 aliphatic heterocycles. The molecule has 0 aliphatic rings. The highest BCUT2D eigenvalue weighted by Crippen LogP contribution is 2.18. The summed E-state index contributed by atoms with van der Waals surface area (Å²) in [5, 5.41) is 24.2. The van der Waals surface area contributed by atoms with E-state index in [0.717, 1.165) is 17.3 Å². The average Bonchev–Trinajstić information content (AvgIpc) is 2.51. The maximum atomic E-state index is 10.5. The van der Waals surface area contributed by atoms with Crippen LogP contribution < -0.4 is 5.43 Å². The van der Waals surface area contributed by atoms with Crippen molar-refractivity contribution in [3.63, 3.8) is 0 Å². The zero-order valence-electron chi connectivity index (χ0n) is 11.6. The van der Waals surface area contributed by atoms with Crippen LogP contribution in [0.15, 0.2) is 54.3 Å². The molecule has 0 saturated carbocycles. The van der Waals surface area contributed by atoms with Crippen molar-refractivity contribution in [3.05, 3.63) is 70.4 Å². The number of pyridine rings is 1. The van der Waals surface area contributed by atoms with Crippen molar-refractivity contribution in [1.82, 2.24) is 4.98 Å². The maximum absolute atomic E-state index is 10.5. The monoisotopic (exact) mass is 298 g/mol. The molecule has 0 fully saturated rings. The van der Waals surface area contributed by atoms with E-state index in [4.69, 9.17) is 0 Å². The highest BCUT2D eigenvalue weighted by molar-refractivity contribution is 5.80. The van der Waals surface area contributed by atoms with Gasteiger partial charge in [0.25, 0.3) is 5.69 Å². The summed E-state index contributed by atoms with van der Waals surface area (Å²) in [6, 6.07) is 7.91. The number of anilines is 1. The molecule has 0 spiro atoms. The van der Waals surface area contributed by atoms with Gasteiger partial charge in [0, 0.05) is 6.07 Å². The van der Waals surface area contributed by atoms with Crippen molar-refractivity contribution < 1.29 is 10.0 Å². The highest BCUT2D eigenvalue weighted by atomic mass is 16.6. The van der Waals surface area contributed by atoms with Gasteiger partial charge in [-0.2, -0.15) is 5.10 Å². The Bertz CT molecular complexity index is 711. The van der Waals surface area contributed by atoms with Crippen LogP contribution in [0.25, 0.3) is 0 Å². The van der Waals surface area contributed by atoms with E-state index in [2.05, 4.69) is 22.1 Å². The molecule has 0 atom stereocenters. The van der Waals surface area contributed by atoms with Gasteiger partial charge in [-0.3, -0.25) is 15.5 Å². The number of hydrogen-bond donors (Lipinski definition) is 2. The molecule has 7 heteroatoms. The van der Waals surface area contributed by atoms with Crippen LogP contribution in [0.5, 0.6) is 5.75 Å². The molecule has 0 radical (unpaired) electrons. The molecular weight excluding hydrogens is 284 g/mol. The van der Waals surface area contributed by atoms with Crippen LogP contribution in [0.1, 0.15) is 11.1 Å². The lowest BCUT2D eigenvalue weighted by Crippen LogP contribution is -1.95. The minimum Gasteiger partial charge on any atom is -0.508 e. The number of nitro groups is 1. The summed E-state index contributed by atoms with van der Waals surface area (Å²) in [6.07, 6.45) is 4.98. The molecule has 0 bridgehead atoms. The Kier molecular flexibility index (Phi) is 4.81. The van der Waals surface area contributed by atoms with E-state index in [1.807, 2.05) is 0 Å². The first-order chi connectivity index (χ1) is 10.6. The average molecular weight is 298 g/mol. The van der Waals surface area contributed by atoms with Crippen molar-refractivity contribution in [2.45, 2.75) is 6.42 Å². The number of rotatable bonds is 6. The number of aromatic hydroxyl groups is 1. The second kappa shape index (κ2) is 6.98. The van der Waals surface area contributed by atoms with Crippen LogP contribution in [-0.2, 0) is 6.42 Å². The first kappa shape index (κ1) is 15.2. The molecule has 1 aromatic heterocycles. The second-order valence-corrected chi connectivity index (χ2v) is 4.41. The Morgan fingerprint density at radius 3 is 2.86 bits per heavy atom. The molecular formula is C15H14N4O3. The molecule has 2 N–H and O–H groups in total. The Morgan fingerprint density at radius 1 is 1.41 bits per heavy atom. The topological polar surface area (TPSA) is 101 Å². The number of hydrazone groups is 1. The summed E-state index contributed by atoms with van der Waals surface area (Å²) in [5.74, 6) is 0.606. The largest absolute Gasteiger partial charge is 0.508 e. The molecule has 112 valence electrons. The summed E-state index contributed by atoms with van der Waals surface area (Å²) < 4.78 is 0. The Labute approximate surface area is 126 Å². The van der Waals surface area contributed by atoms with Gasteiger partial charge in [-0.1, -0.05) is 6.08 Å². The number of allylic oxidation sites excluding steroid dienone is 1. The Hall–Kier alpha value is -3.22. The third-order valence-corrected chi connectivity index (χ3v) is 2.82. The van der Waals surface area contributed by atoms with Crippen molar-refractivity contribution in [3.8, 4) is 5.75 Å². The molecule has 22 heavy (non-hydrogen) atoms. The smallest absolute Gasteiger partial charge is 0.287 e. The zero-order valence-corrected chi connectivity index (χ0v) is 11.6. The number of benzene rings is 1. The van der Waals surface area contributed by atoms with E-state index in [9.17, 15) is 15.2 Å². The number of phenols is 1. The first-order valence-corrected chi connectivity index (χ1v) is 6.42. The van der Waals surface area contributed by atoms with Crippen LogP contribution in [0.3, 0.4) is 0 Å². The number of nitrogens with zero attached hydrogens (tertiary/aromatic N) is 3. The van der Waals surface area contributed by atoms with Crippen LogP contribution in [-0.4, -0.2) is 21.2 Å². The summed E-state index contributed by atoms with van der Waals surface area (Å²) >= 11 is 0. The highest BCUT2D eigenvalue weighted by Gasteiger charge is 2.04. The Morgan fingerprint density at radius 2 is 2.23 bits per heavy atom. The fourth-order valence-electron chi connectivity index (χ4n) is 1.74. The van der Waals surface area contributed by atoms with E-state index >= 15 is 0 Å². The van der Waals surface area contributed by atoms with Crippen molar-refractivity contribution in [2.75, 3.05) is 5.43 Å². The zero-order chi connectivity index (χ0) is 15.9. The van der Waals surface area contributed by atoms with E-state index in [1.165, 1.54) is 12.1 Å². The van der Waals surface area contributed by atoms with Crippen LogP contribution in [0, 0.1) is 10.1 Å². The number of aromatic nitrogens is 1. The number of hydrogen-bond acceptors (Lipinski definition) is 6.